The summed E-state index contributed by atoms with van der Waals surface area (Å²) in [6.07, 6.45) is 0. The number of nitrogens with one attached hydrogen (secondary N) is 1. The van der Waals surface area contributed by atoms with Crippen molar-refractivity contribution in [1.29, 1.82) is 0 Å². The third-order valence-corrected chi connectivity index (χ3v) is 3.67. The summed E-state index contributed by atoms with van der Waals surface area (Å²) in [4.78, 5) is 0. The Kier molecular flexibility index (Phi) is 2.80. The van der Waals surface area contributed by atoms with E-state index in [1.165, 1.54) is 22.3 Å². The van der Waals surface area contributed by atoms with E-state index in [-0.39, 0.29) is 6.04 Å². The van der Waals surface area contributed by atoms with Gasteiger partial charge in [0, 0.05) is 6.54 Å². The molecule has 1 aliphatic heterocycles. The van der Waals surface area contributed by atoms with Crippen molar-refractivity contribution in [3.05, 3.63) is 64.7 Å². The van der Waals surface area contributed by atoms with Crippen molar-refractivity contribution in [3.8, 4) is 5.75 Å². The van der Waals surface area contributed by atoms with Crippen molar-refractivity contribution in [2.75, 3.05) is 7.11 Å². The highest BCUT2D eigenvalue weighted by molar-refractivity contribution is 5.46. The molecule has 2 nitrogen and oxygen atoms in total. The summed E-state index contributed by atoms with van der Waals surface area (Å²) >= 11 is 0. The molecule has 92 valence electrons. The molecule has 0 fully saturated rings. The maximum atomic E-state index is 5.30. The summed E-state index contributed by atoms with van der Waals surface area (Å²) in [7, 11) is 1.71. The van der Waals surface area contributed by atoms with Gasteiger partial charge in [0.25, 0.3) is 0 Å². The van der Waals surface area contributed by atoms with Gasteiger partial charge >= 0.3 is 0 Å². The first-order valence-electron chi connectivity index (χ1n) is 6.25. The lowest BCUT2D eigenvalue weighted by Crippen LogP contribution is -2.13. The van der Waals surface area contributed by atoms with E-state index < -0.39 is 0 Å². The Morgan fingerprint density at radius 3 is 2.83 bits per heavy atom. The highest BCUT2D eigenvalue weighted by atomic mass is 16.5. The second-order valence-electron chi connectivity index (χ2n) is 4.73. The van der Waals surface area contributed by atoms with Crippen LogP contribution >= 0.6 is 0 Å². The summed E-state index contributed by atoms with van der Waals surface area (Å²) in [6.45, 7) is 3.12. The number of aryl methyl sites for hydroxylation is 1. The number of ether oxygens (including phenoxy) is 1. The van der Waals surface area contributed by atoms with Crippen LogP contribution in [-0.2, 0) is 6.54 Å². The van der Waals surface area contributed by atoms with Gasteiger partial charge in [0.2, 0.25) is 0 Å². The number of methoxy groups -OCH3 is 1. The molecule has 1 atom stereocenters. The molecule has 0 aromatic heterocycles. The molecule has 0 spiro atoms. The molecule has 0 bridgehead atoms. The Morgan fingerprint density at radius 2 is 2.00 bits per heavy atom. The minimum atomic E-state index is 0.287. The Bertz CT molecular complexity index is 577. The zero-order valence-corrected chi connectivity index (χ0v) is 10.7. The lowest BCUT2D eigenvalue weighted by atomic mass is 9.96. The largest absolute Gasteiger partial charge is 0.497 e. The summed E-state index contributed by atoms with van der Waals surface area (Å²) in [5.74, 6) is 0.912. The maximum absolute atomic E-state index is 5.30. The molecule has 2 aromatic carbocycles. The quantitative estimate of drug-likeness (QED) is 0.869. The fourth-order valence-corrected chi connectivity index (χ4v) is 2.67. The van der Waals surface area contributed by atoms with Crippen LogP contribution in [0.4, 0.5) is 0 Å². The van der Waals surface area contributed by atoms with E-state index >= 15 is 0 Å². The van der Waals surface area contributed by atoms with E-state index in [1.54, 1.807) is 7.11 Å². The second kappa shape index (κ2) is 4.46. The second-order valence-corrected chi connectivity index (χ2v) is 4.73. The minimum absolute atomic E-state index is 0.287. The summed E-state index contributed by atoms with van der Waals surface area (Å²) < 4.78 is 5.30. The van der Waals surface area contributed by atoms with E-state index in [1.807, 2.05) is 12.1 Å². The van der Waals surface area contributed by atoms with Gasteiger partial charge in [-0.15, -0.1) is 0 Å². The summed E-state index contributed by atoms with van der Waals surface area (Å²) in [5, 5.41) is 3.57. The monoisotopic (exact) mass is 239 g/mol. The van der Waals surface area contributed by atoms with E-state index in [0.717, 1.165) is 12.3 Å². The molecule has 1 heterocycles. The van der Waals surface area contributed by atoms with E-state index in [4.69, 9.17) is 4.74 Å². The first kappa shape index (κ1) is 11.3. The zero-order chi connectivity index (χ0) is 12.5. The first-order valence-corrected chi connectivity index (χ1v) is 6.25. The first-order chi connectivity index (χ1) is 8.79. The Balaban J connectivity index is 2.03. The molecule has 0 radical (unpaired) electrons. The number of hydrogen-bond acceptors (Lipinski definition) is 2. The Morgan fingerprint density at radius 1 is 1.17 bits per heavy atom. The average molecular weight is 239 g/mol. The van der Waals surface area contributed by atoms with Crippen molar-refractivity contribution in [1.82, 2.24) is 5.32 Å². The lowest BCUT2D eigenvalue weighted by molar-refractivity contribution is 0.414. The number of fused-ring (bicyclic) bond motifs is 1. The van der Waals surface area contributed by atoms with Gasteiger partial charge in [0.05, 0.1) is 13.2 Å². The standard InChI is InChI=1S/C16H17NO/c1-11-5-3-8-14-15(11)10-17-16(14)12-6-4-7-13(9-12)18-2/h3-9,16-17H,10H2,1-2H3. The predicted molar refractivity (Wildman–Crippen MR) is 72.9 cm³/mol. The van der Waals surface area contributed by atoms with Gasteiger partial charge in [-0.1, -0.05) is 30.3 Å². The number of hydrogen-bond donors (Lipinski definition) is 1. The van der Waals surface area contributed by atoms with Gasteiger partial charge in [-0.3, -0.25) is 0 Å². The Hall–Kier alpha value is -1.80. The molecule has 3 rings (SSSR count). The van der Waals surface area contributed by atoms with Crippen LogP contribution in [0.15, 0.2) is 42.5 Å². The van der Waals surface area contributed by atoms with Crippen LogP contribution in [0.25, 0.3) is 0 Å². The predicted octanol–water partition coefficient (Wildman–Crippen LogP) is 3.20. The van der Waals surface area contributed by atoms with E-state index in [0.29, 0.717) is 0 Å². The van der Waals surface area contributed by atoms with Crippen LogP contribution in [0.3, 0.4) is 0 Å². The highest BCUT2D eigenvalue weighted by Gasteiger charge is 2.24. The van der Waals surface area contributed by atoms with E-state index in [9.17, 15) is 0 Å². The van der Waals surface area contributed by atoms with Crippen LogP contribution < -0.4 is 10.1 Å². The zero-order valence-electron chi connectivity index (χ0n) is 10.7. The minimum Gasteiger partial charge on any atom is -0.497 e. The molecule has 1 N–H and O–H groups in total. The van der Waals surface area contributed by atoms with E-state index in [2.05, 4.69) is 42.6 Å². The number of benzene rings is 2. The molecule has 18 heavy (non-hydrogen) atoms. The molecular formula is C16H17NO. The molecule has 0 saturated heterocycles. The Labute approximate surface area is 108 Å². The molecule has 0 saturated carbocycles. The third kappa shape index (κ3) is 1.79. The van der Waals surface area contributed by atoms with Crippen LogP contribution in [0.2, 0.25) is 0 Å². The SMILES string of the molecule is COc1cccc(C2NCc3c(C)cccc32)c1. The normalized spacial score (nSPS) is 17.6. The van der Waals surface area contributed by atoms with Crippen molar-refractivity contribution >= 4 is 0 Å². The molecule has 0 amide bonds. The van der Waals surface area contributed by atoms with Crippen molar-refractivity contribution in [3.63, 3.8) is 0 Å². The van der Waals surface area contributed by atoms with Gasteiger partial charge in [0.1, 0.15) is 5.75 Å². The van der Waals surface area contributed by atoms with Gasteiger partial charge in [-0.25, -0.2) is 0 Å². The van der Waals surface area contributed by atoms with Crippen molar-refractivity contribution in [2.45, 2.75) is 19.5 Å². The number of rotatable bonds is 2. The van der Waals surface area contributed by atoms with Gasteiger partial charge in [-0.05, 0) is 41.3 Å². The lowest BCUT2D eigenvalue weighted by Gasteiger charge is -2.14. The van der Waals surface area contributed by atoms with Gasteiger partial charge < -0.3 is 10.1 Å². The highest BCUT2D eigenvalue weighted by Crippen LogP contribution is 2.33. The smallest absolute Gasteiger partial charge is 0.119 e. The van der Waals surface area contributed by atoms with Crippen LogP contribution in [0.5, 0.6) is 5.75 Å². The third-order valence-electron chi connectivity index (χ3n) is 3.67. The molecule has 0 aliphatic carbocycles. The fraction of sp³-hybridized carbons (Fsp3) is 0.250. The average Bonchev–Trinajstić information content (AvgIpc) is 2.84. The maximum Gasteiger partial charge on any atom is 0.119 e. The topological polar surface area (TPSA) is 21.3 Å². The molecule has 1 aliphatic rings. The molecule has 2 aromatic rings. The summed E-state index contributed by atoms with van der Waals surface area (Å²) in [5.41, 5.74) is 5.46. The van der Waals surface area contributed by atoms with Crippen LogP contribution in [0, 0.1) is 6.92 Å². The molecular weight excluding hydrogens is 222 g/mol. The van der Waals surface area contributed by atoms with Crippen LogP contribution in [0.1, 0.15) is 28.3 Å². The summed E-state index contributed by atoms with van der Waals surface area (Å²) in [6, 6.07) is 15.1. The van der Waals surface area contributed by atoms with Crippen LogP contribution in [-0.4, -0.2) is 7.11 Å². The molecule has 1 unspecified atom stereocenters. The van der Waals surface area contributed by atoms with Gasteiger partial charge in [0.15, 0.2) is 0 Å². The van der Waals surface area contributed by atoms with Crippen molar-refractivity contribution < 1.29 is 4.74 Å². The molecule has 2 heteroatoms. The fourth-order valence-electron chi connectivity index (χ4n) is 2.67. The van der Waals surface area contributed by atoms with Crippen molar-refractivity contribution in [2.24, 2.45) is 0 Å². The van der Waals surface area contributed by atoms with Gasteiger partial charge in [-0.2, -0.15) is 0 Å².